The van der Waals surface area contributed by atoms with Crippen molar-refractivity contribution in [1.29, 1.82) is 5.26 Å². The number of carbonyl (C=O) groups excluding carboxylic acids is 1. The van der Waals surface area contributed by atoms with E-state index < -0.39 is 6.04 Å². The summed E-state index contributed by atoms with van der Waals surface area (Å²) in [4.78, 5) is 14.5. The van der Waals surface area contributed by atoms with Crippen LogP contribution in [0.3, 0.4) is 0 Å². The van der Waals surface area contributed by atoms with E-state index in [0.29, 0.717) is 12.3 Å². The molecule has 2 unspecified atom stereocenters. The Morgan fingerprint density at radius 3 is 2.54 bits per heavy atom. The van der Waals surface area contributed by atoms with Crippen LogP contribution in [0.15, 0.2) is 24.3 Å². The molecule has 0 saturated carbocycles. The van der Waals surface area contributed by atoms with Crippen LogP contribution >= 0.6 is 11.8 Å². The molecule has 1 N–H and O–H groups in total. The number of urea groups is 1. The highest BCUT2D eigenvalue weighted by Gasteiger charge is 2.50. The van der Waals surface area contributed by atoms with Crippen molar-refractivity contribution in [1.82, 2.24) is 4.90 Å². The maximum Gasteiger partial charge on any atom is 0.323 e. The molecule has 2 rings (SSSR count). The van der Waals surface area contributed by atoms with Gasteiger partial charge in [0, 0.05) is 10.4 Å². The number of amides is 2. The molecule has 1 fully saturated rings. The van der Waals surface area contributed by atoms with E-state index in [0.717, 1.165) is 5.75 Å². The molecule has 1 aliphatic heterocycles. The minimum Gasteiger partial charge on any atom is -0.494 e. The number of hydrogen-bond donors (Lipinski definition) is 1. The highest BCUT2D eigenvalue weighted by atomic mass is 32.2. The van der Waals surface area contributed by atoms with E-state index in [4.69, 9.17) is 4.74 Å². The van der Waals surface area contributed by atoms with Crippen LogP contribution in [0.4, 0.5) is 10.5 Å². The number of hydrogen-bond acceptors (Lipinski definition) is 4. The lowest BCUT2D eigenvalue weighted by molar-refractivity contribution is 0.184. The van der Waals surface area contributed by atoms with Gasteiger partial charge in [-0.3, -0.25) is 4.90 Å². The molecular formula is C18H25N3O2S. The Hall–Kier alpha value is -1.87. The molecule has 1 aliphatic rings. The normalized spacial score (nSPS) is 22.3. The molecule has 6 heteroatoms. The van der Waals surface area contributed by atoms with Crippen molar-refractivity contribution >= 4 is 23.5 Å². The summed E-state index contributed by atoms with van der Waals surface area (Å²) in [5.74, 6) is 1.03. The number of rotatable bonds is 4. The molecule has 0 bridgehead atoms. The molecule has 1 aromatic carbocycles. The van der Waals surface area contributed by atoms with Gasteiger partial charge in [-0.15, -0.1) is 11.8 Å². The zero-order chi connectivity index (χ0) is 17.9. The maximum atomic E-state index is 12.8. The number of benzene rings is 1. The molecule has 0 aliphatic carbocycles. The van der Waals surface area contributed by atoms with E-state index in [9.17, 15) is 10.1 Å². The summed E-state index contributed by atoms with van der Waals surface area (Å²) in [6.45, 7) is 10.7. The lowest BCUT2D eigenvalue weighted by atomic mass is 10.0. The van der Waals surface area contributed by atoms with Gasteiger partial charge in [-0.2, -0.15) is 5.26 Å². The first-order valence-corrected chi connectivity index (χ1v) is 9.07. The molecule has 130 valence electrons. The van der Waals surface area contributed by atoms with Crippen molar-refractivity contribution in [3.8, 4) is 11.8 Å². The second-order valence-corrected chi connectivity index (χ2v) is 8.45. The van der Waals surface area contributed by atoms with Crippen molar-refractivity contribution in [2.45, 2.75) is 50.8 Å². The number of nitrogens with one attached hydrogen (secondary N) is 1. The Balaban J connectivity index is 2.18. The van der Waals surface area contributed by atoms with Crippen LogP contribution in [0.1, 0.15) is 34.6 Å². The molecule has 2 atom stereocenters. The Morgan fingerprint density at radius 2 is 2.04 bits per heavy atom. The van der Waals surface area contributed by atoms with E-state index in [1.165, 1.54) is 0 Å². The predicted molar refractivity (Wildman–Crippen MR) is 98.2 cm³/mol. The summed E-state index contributed by atoms with van der Waals surface area (Å²) < 4.78 is 5.11. The molecule has 1 heterocycles. The molecule has 1 saturated heterocycles. The van der Waals surface area contributed by atoms with Gasteiger partial charge in [0.25, 0.3) is 0 Å². The van der Waals surface area contributed by atoms with Crippen LogP contribution in [0.25, 0.3) is 0 Å². The SMILES string of the molecule is CCOc1ccc(NC(=O)N2C(C(C)C)SC(C)(C)C2C#N)cc1. The lowest BCUT2D eigenvalue weighted by Gasteiger charge is -2.29. The van der Waals surface area contributed by atoms with Gasteiger partial charge in [0.15, 0.2) is 0 Å². The quantitative estimate of drug-likeness (QED) is 0.881. The van der Waals surface area contributed by atoms with Crippen molar-refractivity contribution in [3.05, 3.63) is 24.3 Å². The van der Waals surface area contributed by atoms with E-state index in [2.05, 4.69) is 25.2 Å². The zero-order valence-corrected chi connectivity index (χ0v) is 15.7. The number of anilines is 1. The molecule has 24 heavy (non-hydrogen) atoms. The molecule has 1 aromatic rings. The summed E-state index contributed by atoms with van der Waals surface area (Å²) in [5.41, 5.74) is 0.692. The zero-order valence-electron chi connectivity index (χ0n) is 14.9. The Kier molecular flexibility index (Phi) is 5.66. The summed E-state index contributed by atoms with van der Waals surface area (Å²) in [5, 5.41) is 12.5. The van der Waals surface area contributed by atoms with E-state index in [-0.39, 0.29) is 22.1 Å². The first-order chi connectivity index (χ1) is 11.3. The van der Waals surface area contributed by atoms with Gasteiger partial charge >= 0.3 is 6.03 Å². The number of carbonyl (C=O) groups is 1. The summed E-state index contributed by atoms with van der Waals surface area (Å²) >= 11 is 1.69. The fourth-order valence-electron chi connectivity index (χ4n) is 2.81. The summed E-state index contributed by atoms with van der Waals surface area (Å²) in [6.07, 6.45) is 0. The van der Waals surface area contributed by atoms with Gasteiger partial charge in [-0.05, 0) is 51.0 Å². The van der Waals surface area contributed by atoms with Gasteiger partial charge in [0.1, 0.15) is 11.8 Å². The van der Waals surface area contributed by atoms with Crippen molar-refractivity contribution in [2.75, 3.05) is 11.9 Å². The van der Waals surface area contributed by atoms with Crippen LogP contribution in [0.2, 0.25) is 0 Å². The van der Waals surface area contributed by atoms with E-state index >= 15 is 0 Å². The second kappa shape index (κ2) is 7.35. The van der Waals surface area contributed by atoms with Crippen LogP contribution < -0.4 is 10.1 Å². The first kappa shape index (κ1) is 18.5. The topological polar surface area (TPSA) is 65.4 Å². The third-order valence-corrected chi connectivity index (χ3v) is 5.82. The first-order valence-electron chi connectivity index (χ1n) is 8.19. The molecule has 0 radical (unpaired) electrons. The average Bonchev–Trinajstić information content (AvgIpc) is 2.80. The standard InChI is InChI=1S/C18H25N3O2S/c1-6-23-14-9-7-13(8-10-14)20-17(22)21-15(11-19)18(4,5)24-16(21)12(2)3/h7-10,12,15-16H,6H2,1-5H3,(H,20,22). The van der Waals surface area contributed by atoms with Crippen LogP contribution in [-0.2, 0) is 0 Å². The molecule has 0 aromatic heterocycles. The lowest BCUT2D eigenvalue weighted by Crippen LogP contribution is -2.48. The van der Waals surface area contributed by atoms with Crippen molar-refractivity contribution in [3.63, 3.8) is 0 Å². The minimum absolute atomic E-state index is 0.0210. The number of thioether (sulfide) groups is 1. The average molecular weight is 347 g/mol. The van der Waals surface area contributed by atoms with Gasteiger partial charge < -0.3 is 10.1 Å². The van der Waals surface area contributed by atoms with E-state index in [1.807, 2.05) is 45.0 Å². The smallest absolute Gasteiger partial charge is 0.323 e. The number of ether oxygens (including phenoxy) is 1. The fraction of sp³-hybridized carbons (Fsp3) is 0.556. The monoisotopic (exact) mass is 347 g/mol. The molecular weight excluding hydrogens is 322 g/mol. The van der Waals surface area contributed by atoms with Crippen molar-refractivity contribution in [2.24, 2.45) is 5.92 Å². The van der Waals surface area contributed by atoms with Gasteiger partial charge in [0.05, 0.1) is 18.0 Å². The van der Waals surface area contributed by atoms with Crippen molar-refractivity contribution < 1.29 is 9.53 Å². The third-order valence-electron chi connectivity index (χ3n) is 3.98. The maximum absolute atomic E-state index is 12.8. The fourth-order valence-corrected chi connectivity index (χ4v) is 4.33. The molecule has 0 spiro atoms. The highest BCUT2D eigenvalue weighted by molar-refractivity contribution is 8.01. The van der Waals surface area contributed by atoms with E-state index in [1.54, 1.807) is 16.7 Å². The highest BCUT2D eigenvalue weighted by Crippen LogP contribution is 2.46. The predicted octanol–water partition coefficient (Wildman–Crippen LogP) is 4.32. The van der Waals surface area contributed by atoms with Gasteiger partial charge in [-0.25, -0.2) is 4.79 Å². The second-order valence-electron chi connectivity index (χ2n) is 6.68. The van der Waals surface area contributed by atoms with Gasteiger partial charge in [-0.1, -0.05) is 13.8 Å². The Bertz CT molecular complexity index is 622. The summed E-state index contributed by atoms with van der Waals surface area (Å²) in [7, 11) is 0. The molecule has 2 amide bonds. The Labute approximate surface area is 148 Å². The number of nitriles is 1. The van der Waals surface area contributed by atoms with Crippen LogP contribution in [0, 0.1) is 17.2 Å². The summed E-state index contributed by atoms with van der Waals surface area (Å²) in [6, 6.07) is 8.87. The van der Waals surface area contributed by atoms with Crippen LogP contribution in [0.5, 0.6) is 5.75 Å². The minimum atomic E-state index is -0.461. The van der Waals surface area contributed by atoms with Gasteiger partial charge in [0.2, 0.25) is 0 Å². The number of nitrogens with zero attached hydrogens (tertiary/aromatic N) is 2. The van der Waals surface area contributed by atoms with Crippen LogP contribution in [-0.4, -0.2) is 33.7 Å². The Morgan fingerprint density at radius 1 is 1.42 bits per heavy atom. The third kappa shape index (κ3) is 3.78. The largest absolute Gasteiger partial charge is 0.494 e. The molecule has 5 nitrogen and oxygen atoms in total.